The van der Waals surface area contributed by atoms with Gasteiger partial charge in [-0.05, 0) is 39.3 Å². The molecule has 0 heterocycles. The number of nitriles is 1. The molecule has 17 heavy (non-hydrogen) atoms. The Bertz CT molecular complexity index is 253. The topological polar surface area (TPSA) is 39.1 Å². The summed E-state index contributed by atoms with van der Waals surface area (Å²) in [4.78, 5) is 2.48. The van der Waals surface area contributed by atoms with Crippen LogP contribution in [0.4, 0.5) is 0 Å². The first-order valence-electron chi connectivity index (χ1n) is 7.05. The standard InChI is InChI=1S/C14H27N3/c1-4-10-16-14(3,11-15)12-17(5-2)13-8-6-7-9-13/h13,16H,4-10,12H2,1-3H3. The Kier molecular flexibility index (Phi) is 5.94. The molecule has 0 spiro atoms. The van der Waals surface area contributed by atoms with Crippen LogP contribution >= 0.6 is 0 Å². The first-order valence-corrected chi connectivity index (χ1v) is 7.05. The molecule has 98 valence electrons. The number of likely N-dealkylation sites (N-methyl/N-ethyl adjacent to an activating group) is 1. The molecule has 1 N–H and O–H groups in total. The van der Waals surface area contributed by atoms with E-state index in [-0.39, 0.29) is 0 Å². The minimum absolute atomic E-state index is 0.394. The SMILES string of the molecule is CCCNC(C)(C#N)CN(CC)C1CCCC1. The van der Waals surface area contributed by atoms with E-state index < -0.39 is 5.54 Å². The predicted octanol–water partition coefficient (Wildman–Crippen LogP) is 2.53. The van der Waals surface area contributed by atoms with Crippen molar-refractivity contribution in [3.8, 4) is 6.07 Å². The molecule has 1 fully saturated rings. The molecular formula is C14H27N3. The zero-order valence-electron chi connectivity index (χ0n) is 11.6. The molecule has 3 heteroatoms. The van der Waals surface area contributed by atoms with Gasteiger partial charge in [0.05, 0.1) is 6.07 Å². The van der Waals surface area contributed by atoms with Crippen LogP contribution in [-0.4, -0.2) is 36.1 Å². The quantitative estimate of drug-likeness (QED) is 0.739. The van der Waals surface area contributed by atoms with Gasteiger partial charge < -0.3 is 0 Å². The third-order valence-electron chi connectivity index (χ3n) is 3.78. The average molecular weight is 237 g/mol. The van der Waals surface area contributed by atoms with Crippen molar-refractivity contribution < 1.29 is 0 Å². The predicted molar refractivity (Wildman–Crippen MR) is 71.8 cm³/mol. The number of nitrogens with zero attached hydrogens (tertiary/aromatic N) is 2. The average Bonchev–Trinajstić information content (AvgIpc) is 2.87. The van der Waals surface area contributed by atoms with Gasteiger partial charge in [0, 0.05) is 12.6 Å². The first-order chi connectivity index (χ1) is 8.15. The lowest BCUT2D eigenvalue weighted by Crippen LogP contribution is -2.52. The zero-order valence-corrected chi connectivity index (χ0v) is 11.6. The van der Waals surface area contributed by atoms with Crippen LogP contribution in [0.2, 0.25) is 0 Å². The van der Waals surface area contributed by atoms with Crippen LogP contribution in [-0.2, 0) is 0 Å². The van der Waals surface area contributed by atoms with Gasteiger partial charge in [-0.3, -0.25) is 10.2 Å². The normalized spacial score (nSPS) is 20.4. The minimum atomic E-state index is -0.394. The molecular weight excluding hydrogens is 210 g/mol. The van der Waals surface area contributed by atoms with E-state index in [9.17, 15) is 5.26 Å². The molecule has 3 nitrogen and oxygen atoms in total. The molecule has 1 saturated carbocycles. The van der Waals surface area contributed by atoms with E-state index in [1.807, 2.05) is 6.92 Å². The Morgan fingerprint density at radius 3 is 2.47 bits per heavy atom. The highest BCUT2D eigenvalue weighted by molar-refractivity contribution is 5.06. The van der Waals surface area contributed by atoms with E-state index in [4.69, 9.17) is 0 Å². The summed E-state index contributed by atoms with van der Waals surface area (Å²) in [6.45, 7) is 9.20. The lowest BCUT2D eigenvalue weighted by molar-refractivity contribution is 0.170. The summed E-state index contributed by atoms with van der Waals surface area (Å²) in [6, 6.07) is 3.15. The summed E-state index contributed by atoms with van der Waals surface area (Å²) < 4.78 is 0. The van der Waals surface area contributed by atoms with Crippen LogP contribution in [0.5, 0.6) is 0 Å². The lowest BCUT2D eigenvalue weighted by atomic mass is 10.0. The van der Waals surface area contributed by atoms with Crippen molar-refractivity contribution in [2.75, 3.05) is 19.6 Å². The van der Waals surface area contributed by atoms with E-state index in [1.165, 1.54) is 25.7 Å². The zero-order chi connectivity index (χ0) is 12.7. The molecule has 1 atom stereocenters. The molecule has 1 rings (SSSR count). The van der Waals surface area contributed by atoms with Crippen molar-refractivity contribution in [3.05, 3.63) is 0 Å². The molecule has 1 aliphatic rings. The highest BCUT2D eigenvalue weighted by atomic mass is 15.2. The van der Waals surface area contributed by atoms with Crippen molar-refractivity contribution >= 4 is 0 Å². The summed E-state index contributed by atoms with van der Waals surface area (Å²) in [7, 11) is 0. The van der Waals surface area contributed by atoms with Crippen molar-refractivity contribution in [1.82, 2.24) is 10.2 Å². The van der Waals surface area contributed by atoms with Crippen molar-refractivity contribution in [2.45, 2.75) is 64.5 Å². The number of hydrogen-bond donors (Lipinski definition) is 1. The Balaban J connectivity index is 2.54. The van der Waals surface area contributed by atoms with Crippen LogP contribution in [0.15, 0.2) is 0 Å². The summed E-state index contributed by atoms with van der Waals surface area (Å²) in [5.41, 5.74) is -0.394. The molecule has 0 aromatic heterocycles. The fourth-order valence-corrected chi connectivity index (χ4v) is 2.71. The van der Waals surface area contributed by atoms with Gasteiger partial charge in [0.25, 0.3) is 0 Å². The Morgan fingerprint density at radius 2 is 2.00 bits per heavy atom. The van der Waals surface area contributed by atoms with Gasteiger partial charge in [0.2, 0.25) is 0 Å². The second-order valence-corrected chi connectivity index (χ2v) is 5.37. The molecule has 0 aromatic rings. The van der Waals surface area contributed by atoms with Gasteiger partial charge >= 0.3 is 0 Å². The largest absolute Gasteiger partial charge is 0.299 e. The third-order valence-corrected chi connectivity index (χ3v) is 3.78. The van der Waals surface area contributed by atoms with Gasteiger partial charge in [-0.15, -0.1) is 0 Å². The van der Waals surface area contributed by atoms with Crippen LogP contribution in [0, 0.1) is 11.3 Å². The van der Waals surface area contributed by atoms with E-state index >= 15 is 0 Å². The van der Waals surface area contributed by atoms with Crippen molar-refractivity contribution in [1.29, 1.82) is 5.26 Å². The van der Waals surface area contributed by atoms with Gasteiger partial charge in [-0.2, -0.15) is 5.26 Å². The van der Waals surface area contributed by atoms with E-state index in [0.717, 1.165) is 26.1 Å². The molecule has 0 aromatic carbocycles. The fourth-order valence-electron chi connectivity index (χ4n) is 2.71. The van der Waals surface area contributed by atoms with E-state index in [0.29, 0.717) is 6.04 Å². The maximum Gasteiger partial charge on any atom is 0.116 e. The maximum absolute atomic E-state index is 9.36. The van der Waals surface area contributed by atoms with Gasteiger partial charge in [-0.25, -0.2) is 0 Å². The second-order valence-electron chi connectivity index (χ2n) is 5.37. The maximum atomic E-state index is 9.36. The Labute approximate surface area is 106 Å². The second kappa shape index (κ2) is 6.98. The van der Waals surface area contributed by atoms with Gasteiger partial charge in [0.15, 0.2) is 0 Å². The summed E-state index contributed by atoms with van der Waals surface area (Å²) in [5, 5.41) is 12.7. The smallest absolute Gasteiger partial charge is 0.116 e. The van der Waals surface area contributed by atoms with Crippen molar-refractivity contribution in [2.24, 2.45) is 0 Å². The van der Waals surface area contributed by atoms with Gasteiger partial charge in [-0.1, -0.05) is 26.7 Å². The fraction of sp³-hybridized carbons (Fsp3) is 0.929. The molecule has 0 radical (unpaired) electrons. The summed E-state index contributed by atoms with van der Waals surface area (Å²) in [5.74, 6) is 0. The minimum Gasteiger partial charge on any atom is -0.299 e. The van der Waals surface area contributed by atoms with Crippen molar-refractivity contribution in [3.63, 3.8) is 0 Å². The molecule has 0 aliphatic heterocycles. The number of rotatable bonds is 7. The van der Waals surface area contributed by atoms with Crippen LogP contribution in [0.1, 0.15) is 52.9 Å². The Hall–Kier alpha value is -0.590. The third kappa shape index (κ3) is 4.29. The highest BCUT2D eigenvalue weighted by Gasteiger charge is 2.30. The van der Waals surface area contributed by atoms with Gasteiger partial charge in [0.1, 0.15) is 5.54 Å². The molecule has 1 aliphatic carbocycles. The van der Waals surface area contributed by atoms with Crippen LogP contribution in [0.25, 0.3) is 0 Å². The van der Waals surface area contributed by atoms with E-state index in [1.54, 1.807) is 0 Å². The molecule has 0 saturated heterocycles. The summed E-state index contributed by atoms with van der Waals surface area (Å²) >= 11 is 0. The number of hydrogen-bond acceptors (Lipinski definition) is 3. The highest BCUT2D eigenvalue weighted by Crippen LogP contribution is 2.24. The number of nitrogens with one attached hydrogen (secondary N) is 1. The molecule has 1 unspecified atom stereocenters. The van der Waals surface area contributed by atoms with Crippen LogP contribution in [0.3, 0.4) is 0 Å². The lowest BCUT2D eigenvalue weighted by Gasteiger charge is -2.34. The Morgan fingerprint density at radius 1 is 1.35 bits per heavy atom. The molecule has 0 amide bonds. The van der Waals surface area contributed by atoms with Crippen LogP contribution < -0.4 is 5.32 Å². The molecule has 0 bridgehead atoms. The summed E-state index contributed by atoms with van der Waals surface area (Å²) in [6.07, 6.45) is 6.40. The first kappa shape index (κ1) is 14.5. The monoisotopic (exact) mass is 237 g/mol. The van der Waals surface area contributed by atoms with E-state index in [2.05, 4.69) is 30.1 Å².